The quantitative estimate of drug-likeness (QED) is 0.735. The van der Waals surface area contributed by atoms with Crippen LogP contribution in [0.4, 0.5) is 5.69 Å². The summed E-state index contributed by atoms with van der Waals surface area (Å²) >= 11 is 1.78. The molecular weight excluding hydrogens is 222 g/mol. The van der Waals surface area contributed by atoms with Crippen molar-refractivity contribution in [1.82, 2.24) is 5.43 Å². The number of anilines is 1. The number of nitrogens with zero attached hydrogens (tertiary/aromatic N) is 2. The molecule has 1 N–H and O–H groups in total. The van der Waals surface area contributed by atoms with Gasteiger partial charge in [0, 0.05) is 4.90 Å². The first-order valence-corrected chi connectivity index (χ1v) is 6.09. The van der Waals surface area contributed by atoms with Gasteiger partial charge in [-0.25, -0.2) is 5.43 Å². The smallest absolute Gasteiger partial charge is 0.260 e. The minimum Gasteiger partial charge on any atom is -0.317 e. The molecule has 0 radical (unpaired) electrons. The number of amidine groups is 1. The molecule has 0 fully saturated rings. The lowest BCUT2D eigenvalue weighted by Gasteiger charge is -2.34. The Morgan fingerprint density at radius 3 is 3.25 bits per heavy atom. The highest BCUT2D eigenvalue weighted by atomic mass is 32.2. The third kappa shape index (κ3) is 1.39. The largest absolute Gasteiger partial charge is 0.317 e. The minimum atomic E-state index is -0.0527. The molecule has 4 nitrogen and oxygen atoms in total. The van der Waals surface area contributed by atoms with E-state index in [0.29, 0.717) is 6.54 Å². The van der Waals surface area contributed by atoms with Gasteiger partial charge in [-0.2, -0.15) is 5.10 Å². The van der Waals surface area contributed by atoms with Crippen molar-refractivity contribution in [1.29, 1.82) is 0 Å². The zero-order valence-corrected chi connectivity index (χ0v) is 9.67. The second-order valence-electron chi connectivity index (χ2n) is 3.86. The van der Waals surface area contributed by atoms with E-state index in [4.69, 9.17) is 0 Å². The van der Waals surface area contributed by atoms with Gasteiger partial charge in [0.05, 0.1) is 11.4 Å². The predicted molar refractivity (Wildman–Crippen MR) is 64.8 cm³/mol. The summed E-state index contributed by atoms with van der Waals surface area (Å²) in [5.41, 5.74) is 4.88. The SMILES string of the molecule is Cc1cccc2c1SCC1=NNC(=O)CN12. The van der Waals surface area contributed by atoms with Crippen molar-refractivity contribution in [2.75, 3.05) is 17.2 Å². The molecule has 0 unspecified atom stereocenters. The molecule has 1 aromatic rings. The van der Waals surface area contributed by atoms with Crippen molar-refractivity contribution in [3.63, 3.8) is 0 Å². The van der Waals surface area contributed by atoms with Gasteiger partial charge in [0.15, 0.2) is 0 Å². The van der Waals surface area contributed by atoms with Gasteiger partial charge in [0.2, 0.25) is 0 Å². The Balaban J connectivity index is 2.12. The number of hydrogen-bond donors (Lipinski definition) is 1. The summed E-state index contributed by atoms with van der Waals surface area (Å²) < 4.78 is 0. The average molecular weight is 233 g/mol. The number of aryl methyl sites for hydroxylation is 1. The third-order valence-corrected chi connectivity index (χ3v) is 3.97. The van der Waals surface area contributed by atoms with Crippen LogP contribution in [0.25, 0.3) is 0 Å². The summed E-state index contributed by atoms with van der Waals surface area (Å²) in [7, 11) is 0. The summed E-state index contributed by atoms with van der Waals surface area (Å²) in [5.74, 6) is 1.70. The van der Waals surface area contributed by atoms with Crippen LogP contribution in [0.1, 0.15) is 5.56 Å². The maximum Gasteiger partial charge on any atom is 0.260 e. The molecule has 2 aliphatic rings. The number of amides is 1. The first-order valence-electron chi connectivity index (χ1n) is 5.11. The number of rotatable bonds is 0. The van der Waals surface area contributed by atoms with Crippen LogP contribution in [0.5, 0.6) is 0 Å². The number of fused-ring (bicyclic) bond motifs is 3. The Kier molecular flexibility index (Phi) is 2.14. The van der Waals surface area contributed by atoms with E-state index in [1.54, 1.807) is 11.8 Å². The summed E-state index contributed by atoms with van der Waals surface area (Å²) in [4.78, 5) is 14.6. The van der Waals surface area contributed by atoms with E-state index in [2.05, 4.69) is 23.5 Å². The van der Waals surface area contributed by atoms with E-state index in [-0.39, 0.29) is 5.91 Å². The highest BCUT2D eigenvalue weighted by Crippen LogP contribution is 2.38. The van der Waals surface area contributed by atoms with Crippen LogP contribution >= 0.6 is 11.8 Å². The molecule has 1 aromatic carbocycles. The van der Waals surface area contributed by atoms with E-state index in [1.807, 2.05) is 17.0 Å². The lowest BCUT2D eigenvalue weighted by molar-refractivity contribution is -0.119. The third-order valence-electron chi connectivity index (χ3n) is 2.75. The van der Waals surface area contributed by atoms with Crippen molar-refractivity contribution in [2.45, 2.75) is 11.8 Å². The van der Waals surface area contributed by atoms with Gasteiger partial charge < -0.3 is 4.90 Å². The van der Waals surface area contributed by atoms with Crippen LogP contribution in [-0.2, 0) is 4.79 Å². The molecule has 0 saturated heterocycles. The van der Waals surface area contributed by atoms with Gasteiger partial charge in [0.1, 0.15) is 12.4 Å². The number of hydrazone groups is 1. The second-order valence-corrected chi connectivity index (χ2v) is 4.85. The number of carbonyl (C=O) groups is 1. The van der Waals surface area contributed by atoms with Gasteiger partial charge >= 0.3 is 0 Å². The predicted octanol–water partition coefficient (Wildman–Crippen LogP) is 1.35. The van der Waals surface area contributed by atoms with Crippen LogP contribution in [0.3, 0.4) is 0 Å². The van der Waals surface area contributed by atoms with Crippen molar-refractivity contribution in [2.24, 2.45) is 5.10 Å². The highest BCUT2D eigenvalue weighted by Gasteiger charge is 2.28. The van der Waals surface area contributed by atoms with Crippen molar-refractivity contribution < 1.29 is 4.79 Å². The Bertz CT molecular complexity index is 498. The van der Waals surface area contributed by atoms with Gasteiger partial charge in [-0.3, -0.25) is 4.79 Å². The summed E-state index contributed by atoms with van der Waals surface area (Å²) in [6.07, 6.45) is 0. The molecule has 3 rings (SSSR count). The number of thioether (sulfide) groups is 1. The molecular formula is C11H11N3OS. The molecule has 16 heavy (non-hydrogen) atoms. The highest BCUT2D eigenvalue weighted by molar-refractivity contribution is 8.00. The first-order chi connectivity index (χ1) is 7.75. The molecule has 0 bridgehead atoms. The molecule has 0 aliphatic carbocycles. The zero-order valence-electron chi connectivity index (χ0n) is 8.86. The van der Waals surface area contributed by atoms with Gasteiger partial charge in [-0.15, -0.1) is 11.8 Å². The molecule has 2 aliphatic heterocycles. The molecule has 2 heterocycles. The maximum atomic E-state index is 11.3. The van der Waals surface area contributed by atoms with Crippen LogP contribution < -0.4 is 10.3 Å². The van der Waals surface area contributed by atoms with Crippen LogP contribution in [0.15, 0.2) is 28.2 Å². The number of hydrogen-bond acceptors (Lipinski definition) is 4. The molecule has 1 amide bonds. The van der Waals surface area contributed by atoms with Crippen molar-refractivity contribution in [3.8, 4) is 0 Å². The summed E-state index contributed by atoms with van der Waals surface area (Å²) in [6.45, 7) is 2.47. The monoisotopic (exact) mass is 233 g/mol. The van der Waals surface area contributed by atoms with E-state index in [9.17, 15) is 4.79 Å². The first kappa shape index (κ1) is 9.72. The molecule has 0 atom stereocenters. The molecule has 0 saturated carbocycles. The van der Waals surface area contributed by atoms with Gasteiger partial charge in [0.25, 0.3) is 5.91 Å². The molecule has 0 aromatic heterocycles. The van der Waals surface area contributed by atoms with Crippen LogP contribution in [0.2, 0.25) is 0 Å². The lowest BCUT2D eigenvalue weighted by Crippen LogP contribution is -2.48. The minimum absolute atomic E-state index is 0.0527. The Morgan fingerprint density at radius 1 is 1.50 bits per heavy atom. The van der Waals surface area contributed by atoms with Gasteiger partial charge in [-0.1, -0.05) is 12.1 Å². The Hall–Kier alpha value is -1.49. The molecule has 5 heteroatoms. The standard InChI is InChI=1S/C11H11N3OS/c1-7-3-2-4-8-11(7)16-6-9-12-13-10(15)5-14(8)9/h2-4H,5-6H2,1H3,(H,13,15). The van der Waals surface area contributed by atoms with Crippen molar-refractivity contribution >= 4 is 29.2 Å². The topological polar surface area (TPSA) is 44.7 Å². The molecule has 0 spiro atoms. The van der Waals surface area contributed by atoms with Crippen molar-refractivity contribution in [3.05, 3.63) is 23.8 Å². The average Bonchev–Trinajstić information content (AvgIpc) is 2.29. The Labute approximate surface area is 97.7 Å². The number of carbonyl (C=O) groups excluding carboxylic acids is 1. The number of nitrogens with one attached hydrogen (secondary N) is 1. The lowest BCUT2D eigenvalue weighted by atomic mass is 10.2. The van der Waals surface area contributed by atoms with E-state index in [1.165, 1.54) is 10.5 Å². The van der Waals surface area contributed by atoms with E-state index in [0.717, 1.165) is 17.3 Å². The van der Waals surface area contributed by atoms with Gasteiger partial charge in [-0.05, 0) is 18.6 Å². The number of benzene rings is 1. The summed E-state index contributed by atoms with van der Waals surface area (Å²) in [5, 5.41) is 4.08. The zero-order chi connectivity index (χ0) is 11.1. The fourth-order valence-electron chi connectivity index (χ4n) is 1.97. The maximum absolute atomic E-state index is 11.3. The van der Waals surface area contributed by atoms with Crippen LogP contribution in [0, 0.1) is 6.92 Å². The van der Waals surface area contributed by atoms with E-state index >= 15 is 0 Å². The second kappa shape index (κ2) is 3.52. The fraction of sp³-hybridized carbons (Fsp3) is 0.273. The normalized spacial score (nSPS) is 18.4. The van der Waals surface area contributed by atoms with E-state index < -0.39 is 0 Å². The Morgan fingerprint density at radius 2 is 2.38 bits per heavy atom. The molecule has 82 valence electrons. The van der Waals surface area contributed by atoms with Crippen LogP contribution in [-0.4, -0.2) is 24.0 Å². The summed E-state index contributed by atoms with van der Waals surface area (Å²) in [6, 6.07) is 6.16. The fourth-order valence-corrected chi connectivity index (χ4v) is 3.08.